The van der Waals surface area contributed by atoms with Gasteiger partial charge in [0.2, 0.25) is 0 Å². The summed E-state index contributed by atoms with van der Waals surface area (Å²) < 4.78 is 118. The van der Waals surface area contributed by atoms with Crippen LogP contribution in [0, 0.1) is 0 Å². The summed E-state index contributed by atoms with van der Waals surface area (Å²) in [6.07, 6.45) is -9.17. The summed E-state index contributed by atoms with van der Waals surface area (Å²) in [5, 5.41) is 0. The average molecular weight is 506 g/mol. The van der Waals surface area contributed by atoms with Crippen LogP contribution in [-0.4, -0.2) is 11.9 Å². The fourth-order valence-electron chi connectivity index (χ4n) is 2.62. The number of halogens is 8. The van der Waals surface area contributed by atoms with Crippen molar-refractivity contribution < 1.29 is 54.1 Å². The van der Waals surface area contributed by atoms with Crippen LogP contribution >= 0.6 is 0 Å². The number of benzene rings is 3. The van der Waals surface area contributed by atoms with Crippen molar-refractivity contribution in [3.8, 4) is 28.7 Å². The topological polar surface area (TPSA) is 44.8 Å². The maximum Gasteiger partial charge on any atom is 0.416 e. The van der Waals surface area contributed by atoms with E-state index in [1.165, 1.54) is 0 Å². The van der Waals surface area contributed by atoms with E-state index < -0.39 is 41.1 Å². The molecule has 35 heavy (non-hydrogen) atoms. The molecule has 0 heterocycles. The first-order valence-electron chi connectivity index (χ1n) is 9.57. The van der Waals surface area contributed by atoms with E-state index >= 15 is 0 Å². The van der Waals surface area contributed by atoms with Crippen LogP contribution in [0.3, 0.4) is 0 Å². The predicted octanol–water partition coefficient (Wildman–Crippen LogP) is 7.87. The quantitative estimate of drug-likeness (QED) is 0.194. The number of hydrogen-bond donors (Lipinski definition) is 0. The van der Waals surface area contributed by atoms with E-state index in [0.717, 1.165) is 66.7 Å². The third-order valence-electron chi connectivity index (χ3n) is 4.26. The molecule has 3 aromatic carbocycles. The molecule has 0 saturated carbocycles. The number of carbonyl (C=O) groups excluding carboxylic acids is 1. The molecule has 0 amide bonds. The molecule has 3 aromatic rings. The molecule has 0 bridgehead atoms. The lowest BCUT2D eigenvalue weighted by Crippen LogP contribution is -2.29. The monoisotopic (exact) mass is 506 g/mol. The molecule has 0 radical (unpaired) electrons. The van der Waals surface area contributed by atoms with Crippen molar-refractivity contribution in [1.82, 2.24) is 0 Å². The second-order valence-corrected chi connectivity index (χ2v) is 7.17. The molecule has 12 heteroatoms. The Kier molecular flexibility index (Phi) is 6.95. The lowest BCUT2D eigenvalue weighted by Gasteiger charge is -2.14. The first kappa shape index (κ1) is 25.8. The largest absolute Gasteiger partial charge is 0.457 e. The zero-order valence-electron chi connectivity index (χ0n) is 17.5. The Morgan fingerprint density at radius 1 is 0.571 bits per heavy atom. The Labute approximate surface area is 192 Å². The number of ether oxygens (including phenoxy) is 3. The van der Waals surface area contributed by atoms with Crippen LogP contribution in [0.4, 0.5) is 35.1 Å². The maximum atomic E-state index is 13.2. The van der Waals surface area contributed by atoms with Gasteiger partial charge in [-0.3, -0.25) is 0 Å². The Bertz CT molecular complexity index is 1100. The molecule has 0 aromatic heterocycles. The second kappa shape index (κ2) is 9.43. The van der Waals surface area contributed by atoms with Crippen molar-refractivity contribution >= 4 is 5.97 Å². The molecule has 0 aliphatic carbocycles. The third-order valence-corrected chi connectivity index (χ3v) is 4.26. The summed E-state index contributed by atoms with van der Waals surface area (Å²) >= 11 is 0. The standard InChI is InChI=1S/C23H14F8O4/c1-21(24,25)20(32)35-19-11-17(33-15-6-2-13(3-7-15)22(26,27)28)10-18(12-19)34-16-8-4-14(5-9-16)23(29,30)31/h2-12H,1H3. The lowest BCUT2D eigenvalue weighted by atomic mass is 10.2. The highest BCUT2D eigenvalue weighted by Gasteiger charge is 2.35. The van der Waals surface area contributed by atoms with Crippen LogP contribution in [0.1, 0.15) is 18.1 Å². The molecule has 0 aliphatic rings. The number of hydrogen-bond acceptors (Lipinski definition) is 4. The highest BCUT2D eigenvalue weighted by Crippen LogP contribution is 2.37. The molecule has 3 rings (SSSR count). The van der Waals surface area contributed by atoms with Gasteiger partial charge in [-0.1, -0.05) is 0 Å². The fourth-order valence-corrected chi connectivity index (χ4v) is 2.62. The molecule has 0 N–H and O–H groups in total. The summed E-state index contributed by atoms with van der Waals surface area (Å²) in [5.74, 6) is -6.76. The summed E-state index contributed by atoms with van der Waals surface area (Å²) in [4.78, 5) is 11.6. The van der Waals surface area contributed by atoms with Gasteiger partial charge in [-0.2, -0.15) is 35.1 Å². The van der Waals surface area contributed by atoms with Crippen molar-refractivity contribution in [2.45, 2.75) is 25.2 Å². The lowest BCUT2D eigenvalue weighted by molar-refractivity contribution is -0.158. The van der Waals surface area contributed by atoms with Gasteiger partial charge in [0.1, 0.15) is 28.7 Å². The first-order valence-corrected chi connectivity index (χ1v) is 9.57. The number of rotatable bonds is 6. The Balaban J connectivity index is 1.90. The summed E-state index contributed by atoms with van der Waals surface area (Å²) in [6, 6.07) is 10.1. The van der Waals surface area contributed by atoms with Gasteiger partial charge in [-0.15, -0.1) is 0 Å². The molecule has 0 aliphatic heterocycles. The van der Waals surface area contributed by atoms with Gasteiger partial charge in [0, 0.05) is 25.1 Å². The Morgan fingerprint density at radius 3 is 1.23 bits per heavy atom. The van der Waals surface area contributed by atoms with E-state index in [1.807, 2.05) is 0 Å². The SMILES string of the molecule is CC(F)(F)C(=O)Oc1cc(Oc2ccc(C(F)(F)F)cc2)cc(Oc2ccc(C(F)(F)F)cc2)c1. The van der Waals surface area contributed by atoms with Gasteiger partial charge in [-0.05, 0) is 48.5 Å². The summed E-state index contributed by atoms with van der Waals surface area (Å²) in [6.45, 7) is 0.303. The minimum absolute atomic E-state index is 0.0808. The van der Waals surface area contributed by atoms with E-state index in [4.69, 9.17) is 9.47 Å². The molecule has 0 spiro atoms. The minimum atomic E-state index is -4.58. The maximum absolute atomic E-state index is 13.2. The molecular formula is C23H14F8O4. The van der Waals surface area contributed by atoms with Crippen molar-refractivity contribution in [2.75, 3.05) is 0 Å². The summed E-state index contributed by atoms with van der Waals surface area (Å²) in [7, 11) is 0. The highest BCUT2D eigenvalue weighted by atomic mass is 19.4. The van der Waals surface area contributed by atoms with Gasteiger partial charge in [-0.25, -0.2) is 4.79 Å². The van der Waals surface area contributed by atoms with Crippen LogP contribution in [0.25, 0.3) is 0 Å². The molecule has 4 nitrogen and oxygen atoms in total. The molecule has 186 valence electrons. The van der Waals surface area contributed by atoms with E-state index in [-0.39, 0.29) is 23.0 Å². The smallest absolute Gasteiger partial charge is 0.416 e. The van der Waals surface area contributed by atoms with Crippen LogP contribution in [-0.2, 0) is 17.1 Å². The zero-order valence-corrected chi connectivity index (χ0v) is 17.5. The Morgan fingerprint density at radius 2 is 0.914 bits per heavy atom. The number of esters is 1. The molecule has 0 unspecified atom stereocenters. The summed E-state index contributed by atoms with van der Waals surface area (Å²) in [5.41, 5.74) is -1.88. The minimum Gasteiger partial charge on any atom is -0.457 e. The van der Waals surface area contributed by atoms with Crippen molar-refractivity contribution in [1.29, 1.82) is 0 Å². The molecular weight excluding hydrogens is 492 g/mol. The van der Waals surface area contributed by atoms with Crippen molar-refractivity contribution in [3.63, 3.8) is 0 Å². The molecule has 0 saturated heterocycles. The van der Waals surface area contributed by atoms with Crippen LogP contribution in [0.5, 0.6) is 28.7 Å². The van der Waals surface area contributed by atoms with Crippen molar-refractivity contribution in [2.24, 2.45) is 0 Å². The number of alkyl halides is 8. The van der Waals surface area contributed by atoms with Gasteiger partial charge in [0.25, 0.3) is 0 Å². The molecule has 0 atom stereocenters. The van der Waals surface area contributed by atoms with E-state index in [1.54, 1.807) is 0 Å². The van der Waals surface area contributed by atoms with E-state index in [2.05, 4.69) is 4.74 Å². The Hall–Kier alpha value is -3.83. The predicted molar refractivity (Wildman–Crippen MR) is 106 cm³/mol. The van der Waals surface area contributed by atoms with Crippen LogP contribution < -0.4 is 14.2 Å². The number of carbonyl (C=O) groups is 1. The van der Waals surface area contributed by atoms with Gasteiger partial charge >= 0.3 is 24.2 Å². The van der Waals surface area contributed by atoms with Gasteiger partial charge < -0.3 is 14.2 Å². The highest BCUT2D eigenvalue weighted by molar-refractivity contribution is 5.79. The van der Waals surface area contributed by atoms with Crippen molar-refractivity contribution in [3.05, 3.63) is 77.9 Å². The average Bonchev–Trinajstić information content (AvgIpc) is 2.72. The second-order valence-electron chi connectivity index (χ2n) is 7.17. The molecule has 0 fully saturated rings. The normalized spacial score (nSPS) is 12.3. The van der Waals surface area contributed by atoms with Gasteiger partial charge in [0.05, 0.1) is 11.1 Å². The van der Waals surface area contributed by atoms with E-state index in [9.17, 15) is 39.9 Å². The zero-order chi connectivity index (χ0) is 26.0. The van der Waals surface area contributed by atoms with Crippen LogP contribution in [0.2, 0.25) is 0 Å². The third kappa shape index (κ3) is 7.08. The fraction of sp³-hybridized carbons (Fsp3) is 0.174. The first-order chi connectivity index (χ1) is 16.1. The van der Waals surface area contributed by atoms with Gasteiger partial charge in [0.15, 0.2) is 0 Å². The van der Waals surface area contributed by atoms with Crippen LogP contribution in [0.15, 0.2) is 66.7 Å². The van der Waals surface area contributed by atoms with E-state index in [0.29, 0.717) is 6.92 Å².